The maximum atomic E-state index is 13.5. The SMILES string of the molecule is Cc1csc(CCNCc2cc([N+](=O)[O-])c(F)cc2F)n1. The molecule has 21 heavy (non-hydrogen) atoms. The van der Waals surface area contributed by atoms with E-state index in [1.54, 1.807) is 11.3 Å². The highest BCUT2D eigenvalue weighted by Gasteiger charge is 2.18. The van der Waals surface area contributed by atoms with Gasteiger partial charge in [-0.3, -0.25) is 10.1 Å². The van der Waals surface area contributed by atoms with Crippen molar-refractivity contribution in [2.24, 2.45) is 0 Å². The van der Waals surface area contributed by atoms with Crippen LogP contribution in [-0.4, -0.2) is 16.5 Å². The quantitative estimate of drug-likeness (QED) is 0.506. The van der Waals surface area contributed by atoms with Crippen LogP contribution in [0.1, 0.15) is 16.3 Å². The minimum Gasteiger partial charge on any atom is -0.312 e. The van der Waals surface area contributed by atoms with Crippen molar-refractivity contribution in [2.75, 3.05) is 6.54 Å². The Morgan fingerprint density at radius 3 is 2.76 bits per heavy atom. The molecule has 0 aliphatic carbocycles. The Bertz CT molecular complexity index is 661. The predicted molar refractivity (Wildman–Crippen MR) is 75.3 cm³/mol. The first-order valence-corrected chi connectivity index (χ1v) is 7.09. The van der Waals surface area contributed by atoms with Crippen molar-refractivity contribution >= 4 is 17.0 Å². The molecule has 0 unspecified atom stereocenters. The van der Waals surface area contributed by atoms with Crippen LogP contribution in [0.4, 0.5) is 14.5 Å². The summed E-state index contributed by atoms with van der Waals surface area (Å²) < 4.78 is 26.7. The van der Waals surface area contributed by atoms with Gasteiger partial charge in [-0.2, -0.15) is 4.39 Å². The van der Waals surface area contributed by atoms with Gasteiger partial charge in [0, 0.05) is 48.3 Å². The number of halogens is 2. The molecular weight excluding hydrogens is 300 g/mol. The van der Waals surface area contributed by atoms with E-state index in [0.29, 0.717) is 19.0 Å². The number of rotatable bonds is 6. The topological polar surface area (TPSA) is 68.1 Å². The lowest BCUT2D eigenvalue weighted by molar-refractivity contribution is -0.387. The first-order chi connectivity index (χ1) is 9.97. The van der Waals surface area contributed by atoms with Gasteiger partial charge in [0.15, 0.2) is 0 Å². The Labute approximate surface area is 123 Å². The largest absolute Gasteiger partial charge is 0.312 e. The molecule has 0 saturated heterocycles. The van der Waals surface area contributed by atoms with Crippen LogP contribution < -0.4 is 5.32 Å². The lowest BCUT2D eigenvalue weighted by Gasteiger charge is -2.05. The van der Waals surface area contributed by atoms with Crippen LogP contribution in [0.15, 0.2) is 17.5 Å². The summed E-state index contributed by atoms with van der Waals surface area (Å²) >= 11 is 1.54. The number of nitrogens with one attached hydrogen (secondary N) is 1. The zero-order valence-electron chi connectivity index (χ0n) is 11.2. The molecule has 0 amide bonds. The smallest absolute Gasteiger partial charge is 0.305 e. The Morgan fingerprint density at radius 1 is 1.38 bits per heavy atom. The first-order valence-electron chi connectivity index (χ1n) is 6.21. The summed E-state index contributed by atoms with van der Waals surface area (Å²) in [5, 5.41) is 16.5. The van der Waals surface area contributed by atoms with Crippen molar-refractivity contribution in [1.82, 2.24) is 10.3 Å². The number of aryl methyl sites for hydroxylation is 1. The normalized spacial score (nSPS) is 10.8. The van der Waals surface area contributed by atoms with E-state index in [1.165, 1.54) is 0 Å². The number of benzene rings is 1. The molecule has 5 nitrogen and oxygen atoms in total. The standard InChI is InChI=1S/C13H13F2N3O2S/c1-8-7-21-13(17-8)2-3-16-6-9-4-12(18(19)20)11(15)5-10(9)14/h4-5,7,16H,2-3,6H2,1H3. The van der Waals surface area contributed by atoms with Gasteiger partial charge in [0.2, 0.25) is 5.82 Å². The molecule has 112 valence electrons. The molecule has 0 saturated carbocycles. The van der Waals surface area contributed by atoms with Crippen LogP contribution in [0.2, 0.25) is 0 Å². The Morgan fingerprint density at radius 2 is 2.14 bits per heavy atom. The number of hydrogen-bond donors (Lipinski definition) is 1. The minimum absolute atomic E-state index is 0.0680. The second-order valence-corrected chi connectivity index (χ2v) is 5.40. The summed E-state index contributed by atoms with van der Waals surface area (Å²) in [6.07, 6.45) is 0.684. The Balaban J connectivity index is 1.93. The van der Waals surface area contributed by atoms with Gasteiger partial charge in [0.25, 0.3) is 0 Å². The third kappa shape index (κ3) is 4.02. The van der Waals surface area contributed by atoms with E-state index in [0.717, 1.165) is 16.8 Å². The zero-order valence-corrected chi connectivity index (χ0v) is 12.0. The molecular formula is C13H13F2N3O2S. The summed E-state index contributed by atoms with van der Waals surface area (Å²) in [4.78, 5) is 14.0. The van der Waals surface area contributed by atoms with Crippen molar-refractivity contribution in [3.63, 3.8) is 0 Å². The number of nitro groups is 1. The fourth-order valence-electron chi connectivity index (χ4n) is 1.79. The second kappa shape index (κ2) is 6.68. The van der Waals surface area contributed by atoms with Crippen LogP contribution >= 0.6 is 11.3 Å². The fourth-order valence-corrected chi connectivity index (χ4v) is 2.57. The van der Waals surface area contributed by atoms with Gasteiger partial charge in [-0.1, -0.05) is 0 Å². The molecule has 2 aromatic rings. The second-order valence-electron chi connectivity index (χ2n) is 4.46. The van der Waals surface area contributed by atoms with E-state index >= 15 is 0 Å². The van der Waals surface area contributed by atoms with Crippen molar-refractivity contribution in [3.05, 3.63) is 55.5 Å². The highest BCUT2D eigenvalue weighted by Crippen LogP contribution is 2.21. The zero-order chi connectivity index (χ0) is 15.4. The Kier molecular flexibility index (Phi) is 4.92. The lowest BCUT2D eigenvalue weighted by atomic mass is 10.1. The van der Waals surface area contributed by atoms with E-state index in [-0.39, 0.29) is 12.1 Å². The van der Waals surface area contributed by atoms with Crippen LogP contribution in [0.3, 0.4) is 0 Å². The van der Waals surface area contributed by atoms with Crippen molar-refractivity contribution in [2.45, 2.75) is 19.9 Å². The Hall–Kier alpha value is -1.93. The monoisotopic (exact) mass is 313 g/mol. The van der Waals surface area contributed by atoms with Gasteiger partial charge in [0.1, 0.15) is 5.82 Å². The van der Waals surface area contributed by atoms with E-state index < -0.39 is 22.2 Å². The van der Waals surface area contributed by atoms with E-state index in [2.05, 4.69) is 10.3 Å². The number of hydrogen-bond acceptors (Lipinski definition) is 5. The number of aromatic nitrogens is 1. The molecule has 1 heterocycles. The van der Waals surface area contributed by atoms with Crippen LogP contribution in [0.5, 0.6) is 0 Å². The maximum Gasteiger partial charge on any atom is 0.305 e. The van der Waals surface area contributed by atoms with Gasteiger partial charge in [0.05, 0.1) is 9.93 Å². The lowest BCUT2D eigenvalue weighted by Crippen LogP contribution is -2.17. The molecule has 8 heteroatoms. The number of thiazole rings is 1. The summed E-state index contributed by atoms with van der Waals surface area (Å²) in [5.74, 6) is -1.96. The molecule has 0 fully saturated rings. The van der Waals surface area contributed by atoms with Gasteiger partial charge >= 0.3 is 5.69 Å². The molecule has 0 bridgehead atoms. The predicted octanol–water partition coefficient (Wildman–Crippen LogP) is 2.97. The highest BCUT2D eigenvalue weighted by atomic mass is 32.1. The van der Waals surface area contributed by atoms with Crippen molar-refractivity contribution in [1.29, 1.82) is 0 Å². The van der Waals surface area contributed by atoms with Gasteiger partial charge < -0.3 is 5.32 Å². The van der Waals surface area contributed by atoms with Crippen LogP contribution in [0, 0.1) is 28.7 Å². The summed E-state index contributed by atoms with van der Waals surface area (Å²) in [5.41, 5.74) is 0.303. The first kappa shape index (κ1) is 15.5. The number of nitrogens with zero attached hydrogens (tertiary/aromatic N) is 2. The third-order valence-corrected chi connectivity index (χ3v) is 3.84. The third-order valence-electron chi connectivity index (χ3n) is 2.81. The van der Waals surface area contributed by atoms with Gasteiger partial charge in [-0.15, -0.1) is 11.3 Å². The highest BCUT2D eigenvalue weighted by molar-refractivity contribution is 7.09. The summed E-state index contributed by atoms with van der Waals surface area (Å²) in [7, 11) is 0. The molecule has 1 aromatic heterocycles. The van der Waals surface area contributed by atoms with E-state index in [1.807, 2.05) is 12.3 Å². The molecule has 0 radical (unpaired) electrons. The summed E-state index contributed by atoms with van der Waals surface area (Å²) in [6.45, 7) is 2.55. The van der Waals surface area contributed by atoms with Crippen LogP contribution in [0.25, 0.3) is 0 Å². The molecule has 0 atom stereocenters. The maximum absolute atomic E-state index is 13.5. The minimum atomic E-state index is -1.17. The molecule has 0 aliphatic heterocycles. The van der Waals surface area contributed by atoms with E-state index in [9.17, 15) is 18.9 Å². The van der Waals surface area contributed by atoms with Crippen LogP contribution in [-0.2, 0) is 13.0 Å². The number of nitro benzene ring substituents is 1. The average Bonchev–Trinajstić information content (AvgIpc) is 2.82. The van der Waals surface area contributed by atoms with Crippen molar-refractivity contribution in [3.8, 4) is 0 Å². The molecule has 2 rings (SSSR count). The van der Waals surface area contributed by atoms with Gasteiger partial charge in [-0.25, -0.2) is 9.37 Å². The fraction of sp³-hybridized carbons (Fsp3) is 0.308. The summed E-state index contributed by atoms with van der Waals surface area (Å²) in [6, 6.07) is 1.46. The molecule has 0 aliphatic rings. The molecule has 1 N–H and O–H groups in total. The van der Waals surface area contributed by atoms with E-state index in [4.69, 9.17) is 0 Å². The van der Waals surface area contributed by atoms with Gasteiger partial charge in [-0.05, 0) is 6.92 Å². The molecule has 0 spiro atoms. The van der Waals surface area contributed by atoms with Crippen molar-refractivity contribution < 1.29 is 13.7 Å². The average molecular weight is 313 g/mol. The molecule has 1 aromatic carbocycles.